The number of para-hydroxylation sites is 1. The highest BCUT2D eigenvalue weighted by atomic mass is 35.5. The zero-order chi connectivity index (χ0) is 11.7. The first kappa shape index (κ1) is 13.5. The van der Waals surface area contributed by atoms with Crippen LogP contribution in [0.5, 0.6) is 0 Å². The van der Waals surface area contributed by atoms with E-state index in [0.29, 0.717) is 0 Å². The summed E-state index contributed by atoms with van der Waals surface area (Å²) in [5, 5.41) is 0. The molecule has 0 aliphatic carbocycles. The highest BCUT2D eigenvalue weighted by Crippen LogP contribution is 2.12. The van der Waals surface area contributed by atoms with E-state index in [1.54, 1.807) is 10.6 Å². The maximum Gasteiger partial charge on any atom is 0.258 e. The van der Waals surface area contributed by atoms with Gasteiger partial charge in [-0.1, -0.05) is 18.2 Å². The van der Waals surface area contributed by atoms with Gasteiger partial charge in [-0.15, -0.1) is 12.4 Å². The molecule has 2 rings (SSSR count). The molecule has 0 fully saturated rings. The summed E-state index contributed by atoms with van der Waals surface area (Å²) in [5.74, 6) is 0.722. The Morgan fingerprint density at radius 2 is 1.76 bits per heavy atom. The molecule has 0 radical (unpaired) electrons. The quantitative estimate of drug-likeness (QED) is 0.780. The summed E-state index contributed by atoms with van der Waals surface area (Å²) in [7, 11) is 0. The number of hydrogen-bond acceptors (Lipinski definition) is 2. The number of halogens is 1. The summed E-state index contributed by atoms with van der Waals surface area (Å²) in [6, 6.07) is 9.36. The molecule has 0 bridgehead atoms. The number of hydrogen-bond donors (Lipinski definition) is 0. The average molecular weight is 251 g/mol. The fourth-order valence-corrected chi connectivity index (χ4v) is 1.85. The SMILES string of the molecule is Cc1cc(=O)n(-c2ccccc2C)c(C)n1.Cl. The van der Waals surface area contributed by atoms with Gasteiger partial charge in [-0.3, -0.25) is 9.36 Å². The first-order valence-electron chi connectivity index (χ1n) is 5.23. The van der Waals surface area contributed by atoms with Gasteiger partial charge in [-0.25, -0.2) is 4.98 Å². The second-order valence-electron chi connectivity index (χ2n) is 3.90. The molecule has 0 atom stereocenters. The second-order valence-corrected chi connectivity index (χ2v) is 3.90. The molecule has 0 aliphatic heterocycles. The molecule has 1 aromatic heterocycles. The third kappa shape index (κ3) is 2.56. The lowest BCUT2D eigenvalue weighted by Crippen LogP contribution is -2.22. The Labute approximate surface area is 107 Å². The normalized spacial score (nSPS) is 9.82. The van der Waals surface area contributed by atoms with Gasteiger partial charge in [-0.2, -0.15) is 0 Å². The number of rotatable bonds is 1. The molecule has 90 valence electrons. The molecule has 1 aromatic carbocycles. The van der Waals surface area contributed by atoms with Crippen LogP contribution in [0.2, 0.25) is 0 Å². The Bertz CT molecular complexity index is 590. The second kappa shape index (κ2) is 5.15. The maximum absolute atomic E-state index is 11.9. The summed E-state index contributed by atoms with van der Waals surface area (Å²) in [6.07, 6.45) is 0. The van der Waals surface area contributed by atoms with E-state index < -0.39 is 0 Å². The van der Waals surface area contributed by atoms with E-state index in [2.05, 4.69) is 4.98 Å². The van der Waals surface area contributed by atoms with Gasteiger partial charge in [0.1, 0.15) is 5.82 Å². The van der Waals surface area contributed by atoms with Crippen molar-refractivity contribution in [2.24, 2.45) is 0 Å². The molecule has 2 aromatic rings. The summed E-state index contributed by atoms with van der Waals surface area (Å²) >= 11 is 0. The van der Waals surface area contributed by atoms with Gasteiger partial charge in [0.2, 0.25) is 0 Å². The summed E-state index contributed by atoms with van der Waals surface area (Å²) in [5.41, 5.74) is 2.70. The van der Waals surface area contributed by atoms with Crippen LogP contribution in [0.15, 0.2) is 35.1 Å². The summed E-state index contributed by atoms with van der Waals surface area (Å²) in [4.78, 5) is 16.3. The minimum Gasteiger partial charge on any atom is -0.269 e. The van der Waals surface area contributed by atoms with Crippen molar-refractivity contribution in [2.45, 2.75) is 20.8 Å². The molecular weight excluding hydrogens is 236 g/mol. The molecule has 3 nitrogen and oxygen atoms in total. The highest BCUT2D eigenvalue weighted by Gasteiger charge is 2.06. The fraction of sp³-hybridized carbons (Fsp3) is 0.231. The van der Waals surface area contributed by atoms with Crippen LogP contribution in [0.1, 0.15) is 17.1 Å². The molecule has 0 N–H and O–H groups in total. The maximum atomic E-state index is 11.9. The van der Waals surface area contributed by atoms with E-state index in [0.717, 1.165) is 22.8 Å². The largest absolute Gasteiger partial charge is 0.269 e. The molecule has 1 heterocycles. The van der Waals surface area contributed by atoms with Crippen molar-refractivity contribution in [3.05, 3.63) is 57.8 Å². The van der Waals surface area contributed by atoms with Crippen LogP contribution in [-0.2, 0) is 0 Å². The predicted molar refractivity (Wildman–Crippen MR) is 71.3 cm³/mol. The van der Waals surface area contributed by atoms with Crippen LogP contribution in [0.3, 0.4) is 0 Å². The zero-order valence-corrected chi connectivity index (χ0v) is 10.9. The number of nitrogens with zero attached hydrogens (tertiary/aromatic N) is 2. The Balaban J connectivity index is 0.00000144. The highest BCUT2D eigenvalue weighted by molar-refractivity contribution is 5.85. The Kier molecular flexibility index (Phi) is 4.07. The van der Waals surface area contributed by atoms with E-state index in [1.807, 2.05) is 45.0 Å². The van der Waals surface area contributed by atoms with Gasteiger partial charge in [-0.05, 0) is 32.4 Å². The molecule has 0 spiro atoms. The zero-order valence-electron chi connectivity index (χ0n) is 10.1. The number of aromatic nitrogens is 2. The lowest BCUT2D eigenvalue weighted by molar-refractivity contribution is 0.848. The molecule has 0 saturated heterocycles. The Hall–Kier alpha value is -1.61. The van der Waals surface area contributed by atoms with Crippen LogP contribution >= 0.6 is 12.4 Å². The number of benzene rings is 1. The van der Waals surface area contributed by atoms with Crippen molar-refractivity contribution in [3.63, 3.8) is 0 Å². The van der Waals surface area contributed by atoms with Crippen LogP contribution in [0.25, 0.3) is 5.69 Å². The van der Waals surface area contributed by atoms with Gasteiger partial charge >= 0.3 is 0 Å². The van der Waals surface area contributed by atoms with E-state index >= 15 is 0 Å². The topological polar surface area (TPSA) is 34.9 Å². The fourth-order valence-electron chi connectivity index (χ4n) is 1.85. The third-order valence-corrected chi connectivity index (χ3v) is 2.57. The van der Waals surface area contributed by atoms with Crippen molar-refractivity contribution in [1.82, 2.24) is 9.55 Å². The Morgan fingerprint density at radius 3 is 2.35 bits per heavy atom. The first-order valence-corrected chi connectivity index (χ1v) is 5.23. The van der Waals surface area contributed by atoms with Crippen molar-refractivity contribution in [1.29, 1.82) is 0 Å². The molecule has 0 aliphatic rings. The first-order chi connectivity index (χ1) is 7.59. The minimum absolute atomic E-state index is 0. The van der Waals surface area contributed by atoms with Crippen LogP contribution in [0, 0.1) is 20.8 Å². The molecule has 0 unspecified atom stereocenters. The van der Waals surface area contributed by atoms with Crippen LogP contribution < -0.4 is 5.56 Å². The van der Waals surface area contributed by atoms with E-state index in [4.69, 9.17) is 0 Å². The van der Waals surface area contributed by atoms with Crippen LogP contribution in [0.4, 0.5) is 0 Å². The van der Waals surface area contributed by atoms with Crippen molar-refractivity contribution < 1.29 is 0 Å². The third-order valence-electron chi connectivity index (χ3n) is 2.57. The van der Waals surface area contributed by atoms with Gasteiger partial charge in [0, 0.05) is 11.8 Å². The minimum atomic E-state index is -0.0284. The van der Waals surface area contributed by atoms with Gasteiger partial charge in [0.15, 0.2) is 0 Å². The molecule has 0 amide bonds. The molecule has 4 heteroatoms. The average Bonchev–Trinajstić information content (AvgIpc) is 2.19. The molecule has 0 saturated carbocycles. The van der Waals surface area contributed by atoms with Crippen molar-refractivity contribution >= 4 is 12.4 Å². The van der Waals surface area contributed by atoms with Crippen molar-refractivity contribution in [3.8, 4) is 5.69 Å². The standard InChI is InChI=1S/C13H14N2O.ClH/c1-9-6-4-5-7-12(9)15-11(3)14-10(2)8-13(15)16;/h4-8H,1-3H3;1H. The molecule has 17 heavy (non-hydrogen) atoms. The lowest BCUT2D eigenvalue weighted by atomic mass is 10.2. The van der Waals surface area contributed by atoms with Gasteiger partial charge < -0.3 is 0 Å². The lowest BCUT2D eigenvalue weighted by Gasteiger charge is -2.11. The monoisotopic (exact) mass is 250 g/mol. The van der Waals surface area contributed by atoms with E-state index in [1.165, 1.54) is 0 Å². The summed E-state index contributed by atoms with van der Waals surface area (Å²) in [6.45, 7) is 5.67. The number of aryl methyl sites for hydroxylation is 3. The van der Waals surface area contributed by atoms with Crippen molar-refractivity contribution in [2.75, 3.05) is 0 Å². The smallest absolute Gasteiger partial charge is 0.258 e. The molecular formula is C13H15ClN2O. The summed E-state index contributed by atoms with van der Waals surface area (Å²) < 4.78 is 1.64. The van der Waals surface area contributed by atoms with Gasteiger partial charge in [0.05, 0.1) is 5.69 Å². The van der Waals surface area contributed by atoms with Gasteiger partial charge in [0.25, 0.3) is 5.56 Å². The van der Waals surface area contributed by atoms with E-state index in [-0.39, 0.29) is 18.0 Å². The predicted octanol–water partition coefficient (Wildman–Crippen LogP) is 2.58. The van der Waals surface area contributed by atoms with E-state index in [9.17, 15) is 4.79 Å². The van der Waals surface area contributed by atoms with Crippen LogP contribution in [-0.4, -0.2) is 9.55 Å². The Morgan fingerprint density at radius 1 is 1.12 bits per heavy atom.